The molecule has 0 radical (unpaired) electrons. The van der Waals surface area contributed by atoms with Gasteiger partial charge in [0.1, 0.15) is 0 Å². The Labute approximate surface area is 124 Å². The Bertz CT molecular complexity index is 400. The first-order chi connectivity index (χ1) is 9.10. The summed E-state index contributed by atoms with van der Waals surface area (Å²) in [7, 11) is 0. The second-order valence-corrected chi connectivity index (χ2v) is 5.23. The van der Waals surface area contributed by atoms with Crippen LogP contribution >= 0.6 is 23.2 Å². The Hall–Kier alpha value is -0.770. The first kappa shape index (κ1) is 16.3. The standard InChI is InChI=1S/C14H20Cl2N2O/c1-3-18(4-2)10-6-9-17-14(19)13-11(15)7-5-8-12(13)16/h5,7-8H,3-4,6,9-10H2,1-2H3,(H,17,19)/p+1. The summed E-state index contributed by atoms with van der Waals surface area (Å²) in [5.41, 5.74) is 0.362. The zero-order valence-corrected chi connectivity index (χ0v) is 12.9. The molecule has 0 aliphatic rings. The van der Waals surface area contributed by atoms with Crippen molar-refractivity contribution in [2.24, 2.45) is 0 Å². The molecule has 1 amide bonds. The molecule has 1 aromatic carbocycles. The molecule has 5 heteroatoms. The first-order valence-corrected chi connectivity index (χ1v) is 7.41. The third-order valence-electron chi connectivity index (χ3n) is 3.18. The van der Waals surface area contributed by atoms with Crippen molar-refractivity contribution in [3.8, 4) is 0 Å². The van der Waals surface area contributed by atoms with Gasteiger partial charge in [-0.3, -0.25) is 4.79 Å². The summed E-state index contributed by atoms with van der Waals surface area (Å²) >= 11 is 12.0. The van der Waals surface area contributed by atoms with Crippen LogP contribution in [0.2, 0.25) is 10.0 Å². The summed E-state index contributed by atoms with van der Waals surface area (Å²) in [6.07, 6.45) is 0.949. The largest absolute Gasteiger partial charge is 0.352 e. The Morgan fingerprint density at radius 1 is 1.21 bits per heavy atom. The number of halogens is 2. The van der Waals surface area contributed by atoms with Crippen molar-refractivity contribution >= 4 is 29.1 Å². The molecular formula is C14H21Cl2N2O+. The van der Waals surface area contributed by atoms with Crippen molar-refractivity contribution in [2.45, 2.75) is 20.3 Å². The van der Waals surface area contributed by atoms with Crippen LogP contribution in [0.3, 0.4) is 0 Å². The van der Waals surface area contributed by atoms with Crippen LogP contribution in [0.5, 0.6) is 0 Å². The van der Waals surface area contributed by atoms with Gasteiger partial charge in [0.15, 0.2) is 0 Å². The van der Waals surface area contributed by atoms with Crippen molar-refractivity contribution < 1.29 is 9.69 Å². The zero-order valence-electron chi connectivity index (χ0n) is 11.4. The quantitative estimate of drug-likeness (QED) is 0.743. The van der Waals surface area contributed by atoms with Crippen LogP contribution in [0, 0.1) is 0 Å². The maximum absolute atomic E-state index is 12.0. The molecule has 0 aliphatic heterocycles. The van der Waals surface area contributed by atoms with Gasteiger partial charge in [0.05, 0.1) is 35.2 Å². The minimum Gasteiger partial charge on any atom is -0.352 e. The summed E-state index contributed by atoms with van der Waals surface area (Å²) in [6, 6.07) is 5.07. The highest BCUT2D eigenvalue weighted by molar-refractivity contribution is 6.39. The third kappa shape index (κ3) is 5.01. The molecule has 0 fully saturated rings. The molecular weight excluding hydrogens is 283 g/mol. The second-order valence-electron chi connectivity index (χ2n) is 4.41. The van der Waals surface area contributed by atoms with Crippen LogP contribution in [0.15, 0.2) is 18.2 Å². The van der Waals surface area contributed by atoms with Crippen LogP contribution in [-0.4, -0.2) is 32.1 Å². The molecule has 0 saturated heterocycles. The van der Waals surface area contributed by atoms with Crippen LogP contribution in [0.1, 0.15) is 30.6 Å². The normalized spacial score (nSPS) is 10.8. The minimum atomic E-state index is -0.204. The van der Waals surface area contributed by atoms with Crippen molar-refractivity contribution in [1.29, 1.82) is 0 Å². The van der Waals surface area contributed by atoms with Crippen LogP contribution in [0.4, 0.5) is 0 Å². The number of nitrogens with one attached hydrogen (secondary N) is 2. The number of hydrogen-bond donors (Lipinski definition) is 2. The maximum Gasteiger partial charge on any atom is 0.254 e. The molecule has 19 heavy (non-hydrogen) atoms. The Kier molecular flexibility index (Phi) is 7.21. The Morgan fingerprint density at radius 3 is 2.32 bits per heavy atom. The second kappa shape index (κ2) is 8.41. The molecule has 0 saturated carbocycles. The lowest BCUT2D eigenvalue weighted by atomic mass is 10.2. The average Bonchev–Trinajstić information content (AvgIpc) is 2.38. The molecule has 1 aromatic rings. The van der Waals surface area contributed by atoms with E-state index < -0.39 is 0 Å². The molecule has 0 heterocycles. The van der Waals surface area contributed by atoms with Gasteiger partial charge in [-0.25, -0.2) is 0 Å². The number of benzene rings is 1. The smallest absolute Gasteiger partial charge is 0.254 e. The fraction of sp³-hybridized carbons (Fsp3) is 0.500. The van der Waals surface area contributed by atoms with Gasteiger partial charge in [0.25, 0.3) is 5.91 Å². The summed E-state index contributed by atoms with van der Waals surface area (Å²) in [4.78, 5) is 13.5. The van der Waals surface area contributed by atoms with Crippen molar-refractivity contribution in [2.75, 3.05) is 26.2 Å². The number of carbonyl (C=O) groups is 1. The highest BCUT2D eigenvalue weighted by atomic mass is 35.5. The molecule has 0 aliphatic carbocycles. The summed E-state index contributed by atoms with van der Waals surface area (Å²) in [6.45, 7) is 8.26. The van der Waals surface area contributed by atoms with Gasteiger partial charge in [-0.05, 0) is 26.0 Å². The highest BCUT2D eigenvalue weighted by Gasteiger charge is 2.13. The van der Waals surface area contributed by atoms with Crippen molar-refractivity contribution in [3.63, 3.8) is 0 Å². The summed E-state index contributed by atoms with van der Waals surface area (Å²) in [5.74, 6) is -0.204. The average molecular weight is 304 g/mol. The van der Waals surface area contributed by atoms with E-state index in [0.29, 0.717) is 22.2 Å². The SMILES string of the molecule is CC[NH+](CC)CCCNC(=O)c1c(Cl)cccc1Cl. The van der Waals surface area contributed by atoms with Crippen molar-refractivity contribution in [1.82, 2.24) is 5.32 Å². The maximum atomic E-state index is 12.0. The van der Waals surface area contributed by atoms with Crippen LogP contribution < -0.4 is 10.2 Å². The summed E-state index contributed by atoms with van der Waals surface area (Å²) < 4.78 is 0. The Balaban J connectivity index is 2.44. The van der Waals surface area contributed by atoms with E-state index >= 15 is 0 Å². The predicted octanol–water partition coefficient (Wildman–Crippen LogP) is 2.04. The van der Waals surface area contributed by atoms with Gasteiger partial charge in [-0.1, -0.05) is 29.3 Å². The van der Waals surface area contributed by atoms with E-state index in [1.165, 1.54) is 4.90 Å². The molecule has 0 aromatic heterocycles. The van der Waals surface area contributed by atoms with E-state index in [0.717, 1.165) is 26.1 Å². The summed E-state index contributed by atoms with van der Waals surface area (Å²) in [5, 5.41) is 3.64. The van der Waals surface area contributed by atoms with Crippen molar-refractivity contribution in [3.05, 3.63) is 33.8 Å². The van der Waals surface area contributed by atoms with Gasteiger partial charge in [-0.2, -0.15) is 0 Å². The lowest BCUT2D eigenvalue weighted by Gasteiger charge is -2.15. The molecule has 2 N–H and O–H groups in total. The minimum absolute atomic E-state index is 0.204. The predicted molar refractivity (Wildman–Crippen MR) is 80.3 cm³/mol. The van der Waals surface area contributed by atoms with E-state index in [1.54, 1.807) is 18.2 Å². The fourth-order valence-electron chi connectivity index (χ4n) is 1.95. The Morgan fingerprint density at radius 2 is 1.79 bits per heavy atom. The number of rotatable bonds is 7. The van der Waals surface area contributed by atoms with E-state index in [2.05, 4.69) is 19.2 Å². The van der Waals surface area contributed by atoms with Gasteiger partial charge in [0, 0.05) is 13.0 Å². The lowest BCUT2D eigenvalue weighted by Crippen LogP contribution is -3.11. The molecule has 0 unspecified atom stereocenters. The van der Waals surface area contributed by atoms with E-state index in [-0.39, 0.29) is 5.91 Å². The van der Waals surface area contributed by atoms with Gasteiger partial charge in [-0.15, -0.1) is 0 Å². The van der Waals surface area contributed by atoms with E-state index in [9.17, 15) is 4.79 Å². The third-order valence-corrected chi connectivity index (χ3v) is 3.81. The van der Waals surface area contributed by atoms with E-state index in [1.807, 2.05) is 0 Å². The van der Waals surface area contributed by atoms with Gasteiger partial charge < -0.3 is 10.2 Å². The van der Waals surface area contributed by atoms with Gasteiger partial charge >= 0.3 is 0 Å². The molecule has 1 rings (SSSR count). The molecule has 0 atom stereocenters. The monoisotopic (exact) mass is 303 g/mol. The topological polar surface area (TPSA) is 33.5 Å². The number of carbonyl (C=O) groups excluding carboxylic acids is 1. The number of amides is 1. The van der Waals surface area contributed by atoms with Crippen LogP contribution in [-0.2, 0) is 0 Å². The first-order valence-electron chi connectivity index (χ1n) is 6.65. The fourth-order valence-corrected chi connectivity index (χ4v) is 2.52. The number of quaternary nitrogens is 1. The van der Waals surface area contributed by atoms with Gasteiger partial charge in [0.2, 0.25) is 0 Å². The number of hydrogen-bond acceptors (Lipinski definition) is 1. The zero-order chi connectivity index (χ0) is 14.3. The highest BCUT2D eigenvalue weighted by Crippen LogP contribution is 2.23. The van der Waals surface area contributed by atoms with E-state index in [4.69, 9.17) is 23.2 Å². The lowest BCUT2D eigenvalue weighted by molar-refractivity contribution is -0.896. The molecule has 0 bridgehead atoms. The molecule has 0 spiro atoms. The molecule has 106 valence electrons. The molecule has 3 nitrogen and oxygen atoms in total. The van der Waals surface area contributed by atoms with Crippen LogP contribution in [0.25, 0.3) is 0 Å².